The molecule has 0 spiro atoms. The molecule has 0 aliphatic carbocycles. The summed E-state index contributed by atoms with van der Waals surface area (Å²) < 4.78 is 18.7. The molecule has 3 nitrogen and oxygen atoms in total. The molecule has 0 saturated carbocycles. The van der Waals surface area contributed by atoms with Gasteiger partial charge in [0.05, 0.1) is 12.3 Å². The number of rotatable bonds is 4. The van der Waals surface area contributed by atoms with Crippen molar-refractivity contribution >= 4 is 5.69 Å². The summed E-state index contributed by atoms with van der Waals surface area (Å²) in [5.74, 6) is 0.347. The number of ether oxygens (including phenoxy) is 1. The van der Waals surface area contributed by atoms with Gasteiger partial charge in [-0.05, 0) is 45.9 Å². The van der Waals surface area contributed by atoms with Crippen molar-refractivity contribution in [3.63, 3.8) is 0 Å². The van der Waals surface area contributed by atoms with Crippen molar-refractivity contribution in [1.29, 1.82) is 0 Å². The molecule has 1 saturated heterocycles. The Hall–Kier alpha value is -1.29. The highest BCUT2D eigenvalue weighted by atomic mass is 19.1. The SMILES string of the molecule is CCOc1cc(F)ccc1NC1CCN(C)C(C)C1. The van der Waals surface area contributed by atoms with Crippen molar-refractivity contribution in [2.24, 2.45) is 0 Å². The van der Waals surface area contributed by atoms with E-state index in [2.05, 4.69) is 24.2 Å². The number of benzene rings is 1. The van der Waals surface area contributed by atoms with Gasteiger partial charge in [0.25, 0.3) is 0 Å². The van der Waals surface area contributed by atoms with Gasteiger partial charge in [-0.15, -0.1) is 0 Å². The van der Waals surface area contributed by atoms with Crippen LogP contribution >= 0.6 is 0 Å². The fraction of sp³-hybridized carbons (Fsp3) is 0.600. The number of anilines is 1. The molecular weight excluding hydrogens is 243 g/mol. The molecule has 106 valence electrons. The van der Waals surface area contributed by atoms with Crippen molar-refractivity contribution in [1.82, 2.24) is 4.90 Å². The predicted molar refractivity (Wildman–Crippen MR) is 76.3 cm³/mol. The zero-order valence-electron chi connectivity index (χ0n) is 11.9. The molecule has 0 aromatic heterocycles. The minimum absolute atomic E-state index is 0.259. The fourth-order valence-electron chi connectivity index (χ4n) is 2.53. The second-order valence-electron chi connectivity index (χ2n) is 5.27. The van der Waals surface area contributed by atoms with Gasteiger partial charge in [0, 0.05) is 24.7 Å². The number of nitrogens with zero attached hydrogens (tertiary/aromatic N) is 1. The molecule has 4 heteroatoms. The predicted octanol–water partition coefficient (Wildman–Crippen LogP) is 3.12. The summed E-state index contributed by atoms with van der Waals surface area (Å²) in [5, 5.41) is 3.49. The maximum absolute atomic E-state index is 13.2. The molecule has 0 radical (unpaired) electrons. The van der Waals surface area contributed by atoms with Crippen molar-refractivity contribution in [3.05, 3.63) is 24.0 Å². The van der Waals surface area contributed by atoms with Crippen molar-refractivity contribution in [3.8, 4) is 5.75 Å². The molecule has 1 aliphatic heterocycles. The van der Waals surface area contributed by atoms with Gasteiger partial charge in [0.2, 0.25) is 0 Å². The lowest BCUT2D eigenvalue weighted by molar-refractivity contribution is 0.190. The highest BCUT2D eigenvalue weighted by molar-refractivity contribution is 5.57. The molecule has 19 heavy (non-hydrogen) atoms. The van der Waals surface area contributed by atoms with Gasteiger partial charge in [-0.3, -0.25) is 0 Å². The molecule has 1 aromatic carbocycles. The van der Waals surface area contributed by atoms with E-state index < -0.39 is 0 Å². The van der Waals surface area contributed by atoms with Crippen LogP contribution in [0.1, 0.15) is 26.7 Å². The third-order valence-corrected chi connectivity index (χ3v) is 3.81. The summed E-state index contributed by atoms with van der Waals surface area (Å²) >= 11 is 0. The highest BCUT2D eigenvalue weighted by Crippen LogP contribution is 2.28. The van der Waals surface area contributed by atoms with E-state index in [1.54, 1.807) is 6.07 Å². The first-order valence-corrected chi connectivity index (χ1v) is 6.99. The summed E-state index contributed by atoms with van der Waals surface area (Å²) in [6, 6.07) is 5.69. The molecule has 1 fully saturated rings. The number of nitrogens with one attached hydrogen (secondary N) is 1. The molecule has 1 aliphatic rings. The first-order valence-electron chi connectivity index (χ1n) is 6.99. The lowest BCUT2D eigenvalue weighted by atomic mass is 9.98. The third-order valence-electron chi connectivity index (χ3n) is 3.81. The van der Waals surface area contributed by atoms with Crippen LogP contribution in [0.3, 0.4) is 0 Å². The molecule has 1 N–H and O–H groups in total. The van der Waals surface area contributed by atoms with Crippen LogP contribution in [-0.2, 0) is 0 Å². The zero-order valence-corrected chi connectivity index (χ0v) is 11.9. The first kappa shape index (κ1) is 14.1. The fourth-order valence-corrected chi connectivity index (χ4v) is 2.53. The van der Waals surface area contributed by atoms with E-state index in [1.165, 1.54) is 12.1 Å². The normalized spacial score (nSPS) is 24.2. The van der Waals surface area contributed by atoms with Gasteiger partial charge >= 0.3 is 0 Å². The lowest BCUT2D eigenvalue weighted by Gasteiger charge is -2.36. The van der Waals surface area contributed by atoms with Gasteiger partial charge < -0.3 is 15.0 Å². The second kappa shape index (κ2) is 6.24. The number of hydrogen-bond acceptors (Lipinski definition) is 3. The van der Waals surface area contributed by atoms with Gasteiger partial charge in [-0.2, -0.15) is 0 Å². The molecule has 2 rings (SSSR count). The smallest absolute Gasteiger partial charge is 0.145 e. The summed E-state index contributed by atoms with van der Waals surface area (Å²) in [4.78, 5) is 2.37. The largest absolute Gasteiger partial charge is 0.492 e. The summed E-state index contributed by atoms with van der Waals surface area (Å²) in [7, 11) is 2.16. The Bertz CT molecular complexity index is 425. The Balaban J connectivity index is 2.06. The van der Waals surface area contributed by atoms with Crippen molar-refractivity contribution in [2.75, 3.05) is 25.5 Å². The minimum Gasteiger partial charge on any atom is -0.492 e. The highest BCUT2D eigenvalue weighted by Gasteiger charge is 2.23. The average molecular weight is 266 g/mol. The molecular formula is C15H23FN2O. The van der Waals surface area contributed by atoms with Gasteiger partial charge in [-0.1, -0.05) is 0 Å². The number of likely N-dealkylation sites (tertiary alicyclic amines) is 1. The van der Waals surface area contributed by atoms with Crippen molar-refractivity contribution < 1.29 is 9.13 Å². The molecule has 0 amide bonds. The Morgan fingerprint density at radius 1 is 1.47 bits per heavy atom. The zero-order chi connectivity index (χ0) is 13.8. The monoisotopic (exact) mass is 266 g/mol. The van der Waals surface area contributed by atoms with Gasteiger partial charge in [0.1, 0.15) is 11.6 Å². The Labute approximate surface area is 114 Å². The van der Waals surface area contributed by atoms with E-state index in [0.717, 1.165) is 25.1 Å². The number of hydrogen-bond donors (Lipinski definition) is 1. The third kappa shape index (κ3) is 3.60. The van der Waals surface area contributed by atoms with E-state index in [0.29, 0.717) is 24.4 Å². The first-order chi connectivity index (χ1) is 9.10. The van der Waals surface area contributed by atoms with Crippen LogP contribution in [0.2, 0.25) is 0 Å². The Morgan fingerprint density at radius 3 is 2.95 bits per heavy atom. The second-order valence-corrected chi connectivity index (χ2v) is 5.27. The van der Waals surface area contributed by atoms with Crippen molar-refractivity contribution in [2.45, 2.75) is 38.8 Å². The van der Waals surface area contributed by atoms with E-state index in [4.69, 9.17) is 4.74 Å². The van der Waals surface area contributed by atoms with E-state index in [-0.39, 0.29) is 5.82 Å². The van der Waals surface area contributed by atoms with Crippen LogP contribution in [0.25, 0.3) is 0 Å². The van der Waals surface area contributed by atoms with Crippen LogP contribution in [0.15, 0.2) is 18.2 Å². The number of piperidine rings is 1. The van der Waals surface area contributed by atoms with E-state index in [9.17, 15) is 4.39 Å². The maximum atomic E-state index is 13.2. The summed E-state index contributed by atoms with van der Waals surface area (Å²) in [6.45, 7) is 5.78. The van der Waals surface area contributed by atoms with Crippen LogP contribution < -0.4 is 10.1 Å². The lowest BCUT2D eigenvalue weighted by Crippen LogP contribution is -2.42. The molecule has 0 bridgehead atoms. The molecule has 2 unspecified atom stereocenters. The average Bonchev–Trinajstić information content (AvgIpc) is 2.37. The van der Waals surface area contributed by atoms with E-state index in [1.807, 2.05) is 6.92 Å². The quantitative estimate of drug-likeness (QED) is 0.906. The Morgan fingerprint density at radius 2 is 2.26 bits per heavy atom. The van der Waals surface area contributed by atoms with E-state index >= 15 is 0 Å². The number of halogens is 1. The maximum Gasteiger partial charge on any atom is 0.145 e. The topological polar surface area (TPSA) is 24.5 Å². The summed E-state index contributed by atoms with van der Waals surface area (Å²) in [6.07, 6.45) is 2.20. The van der Waals surface area contributed by atoms with Gasteiger partial charge in [0.15, 0.2) is 0 Å². The van der Waals surface area contributed by atoms with Crippen LogP contribution in [0, 0.1) is 5.82 Å². The standard InChI is InChI=1S/C15H23FN2O/c1-4-19-15-10-12(16)5-6-14(15)17-13-7-8-18(3)11(2)9-13/h5-6,10-11,13,17H,4,7-9H2,1-3H3. The van der Waals surface area contributed by atoms with Crippen LogP contribution in [-0.4, -0.2) is 37.2 Å². The van der Waals surface area contributed by atoms with Crippen LogP contribution in [0.5, 0.6) is 5.75 Å². The molecule has 1 aromatic rings. The summed E-state index contributed by atoms with van der Waals surface area (Å²) in [5.41, 5.74) is 0.894. The van der Waals surface area contributed by atoms with Gasteiger partial charge in [-0.25, -0.2) is 4.39 Å². The molecule has 1 heterocycles. The molecule has 2 atom stereocenters. The van der Waals surface area contributed by atoms with Crippen LogP contribution in [0.4, 0.5) is 10.1 Å². The minimum atomic E-state index is -0.259. The Kier molecular flexibility index (Phi) is 4.64.